The van der Waals surface area contributed by atoms with Gasteiger partial charge in [-0.25, -0.2) is 4.79 Å². The second-order valence-corrected chi connectivity index (χ2v) is 5.84. The summed E-state index contributed by atoms with van der Waals surface area (Å²) in [5.41, 5.74) is -0.986. The first kappa shape index (κ1) is 12.7. The van der Waals surface area contributed by atoms with E-state index in [0.717, 1.165) is 15.1 Å². The van der Waals surface area contributed by atoms with E-state index >= 15 is 0 Å². The first-order chi connectivity index (χ1) is 8.26. The van der Waals surface area contributed by atoms with Gasteiger partial charge in [-0.1, -0.05) is 5.21 Å². The Morgan fingerprint density at radius 1 is 1.39 bits per heavy atom. The number of carboxylic acids is 1. The van der Waals surface area contributed by atoms with Crippen LogP contribution in [0.4, 0.5) is 0 Å². The Morgan fingerprint density at radius 2 is 2.00 bits per heavy atom. The van der Waals surface area contributed by atoms with Crippen molar-refractivity contribution in [1.82, 2.24) is 15.0 Å². The fourth-order valence-corrected chi connectivity index (χ4v) is 2.58. The maximum absolute atomic E-state index is 12.3. The first-order valence-corrected chi connectivity index (χ1v) is 6.18. The summed E-state index contributed by atoms with van der Waals surface area (Å²) < 4.78 is 0.927. The third kappa shape index (κ3) is 1.62. The fraction of sp³-hybridized carbons (Fsp3) is 0.455. The average molecular weight is 267 g/mol. The first-order valence-electron chi connectivity index (χ1n) is 5.36. The number of hydrogen-bond donors (Lipinski definition) is 1. The minimum atomic E-state index is -1.42. The van der Waals surface area contributed by atoms with Gasteiger partial charge in [0.05, 0.1) is 5.39 Å². The van der Waals surface area contributed by atoms with Crippen molar-refractivity contribution in [3.05, 3.63) is 20.8 Å². The van der Waals surface area contributed by atoms with Crippen molar-refractivity contribution < 1.29 is 9.90 Å². The Kier molecular flexibility index (Phi) is 2.73. The Hall–Kier alpha value is -1.76. The van der Waals surface area contributed by atoms with E-state index in [0.29, 0.717) is 10.2 Å². The van der Waals surface area contributed by atoms with Crippen molar-refractivity contribution in [1.29, 1.82) is 0 Å². The van der Waals surface area contributed by atoms with E-state index in [4.69, 9.17) is 5.11 Å². The molecule has 0 saturated carbocycles. The van der Waals surface area contributed by atoms with Gasteiger partial charge in [-0.05, 0) is 33.3 Å². The topological polar surface area (TPSA) is 85.1 Å². The predicted molar refractivity (Wildman–Crippen MR) is 68.1 cm³/mol. The molecule has 96 valence electrons. The van der Waals surface area contributed by atoms with E-state index in [1.807, 2.05) is 13.8 Å². The van der Waals surface area contributed by atoms with Gasteiger partial charge in [0, 0.05) is 4.88 Å². The molecule has 0 saturated heterocycles. The smallest absolute Gasteiger partial charge is 0.331 e. The fourth-order valence-electron chi connectivity index (χ4n) is 1.62. The zero-order valence-corrected chi connectivity index (χ0v) is 11.3. The number of carboxylic acid groups (broad SMARTS) is 1. The van der Waals surface area contributed by atoms with Crippen LogP contribution in [-0.2, 0) is 10.3 Å². The number of aryl methyl sites for hydroxylation is 2. The van der Waals surface area contributed by atoms with Crippen LogP contribution in [0.3, 0.4) is 0 Å². The summed E-state index contributed by atoms with van der Waals surface area (Å²) in [7, 11) is 0. The van der Waals surface area contributed by atoms with Crippen LogP contribution in [0.25, 0.3) is 10.2 Å². The molecule has 2 aromatic heterocycles. The summed E-state index contributed by atoms with van der Waals surface area (Å²) in [4.78, 5) is 25.0. The Labute approximate surface area is 107 Å². The van der Waals surface area contributed by atoms with Gasteiger partial charge >= 0.3 is 5.97 Å². The number of rotatable bonds is 2. The number of aliphatic carboxylic acids is 1. The Balaban J connectivity index is 2.84. The number of fused-ring (bicyclic) bond motifs is 1. The normalized spacial score (nSPS) is 12.0. The van der Waals surface area contributed by atoms with Crippen LogP contribution in [-0.4, -0.2) is 26.1 Å². The molecule has 0 fully saturated rings. The van der Waals surface area contributed by atoms with Gasteiger partial charge in [-0.15, -0.1) is 16.4 Å². The third-order valence-corrected chi connectivity index (χ3v) is 4.14. The summed E-state index contributed by atoms with van der Waals surface area (Å²) >= 11 is 1.39. The van der Waals surface area contributed by atoms with Crippen molar-refractivity contribution in [2.75, 3.05) is 0 Å². The van der Waals surface area contributed by atoms with E-state index in [1.54, 1.807) is 0 Å². The van der Waals surface area contributed by atoms with Gasteiger partial charge in [0.15, 0.2) is 10.4 Å². The second-order valence-electron chi connectivity index (χ2n) is 4.63. The summed E-state index contributed by atoms with van der Waals surface area (Å²) in [5.74, 6) is -1.12. The number of carbonyl (C=O) groups is 1. The Bertz CT molecular complexity index is 699. The van der Waals surface area contributed by atoms with Crippen LogP contribution in [0.15, 0.2) is 4.79 Å². The lowest BCUT2D eigenvalue weighted by molar-refractivity contribution is -0.146. The van der Waals surface area contributed by atoms with Crippen LogP contribution < -0.4 is 5.56 Å². The molecule has 2 aromatic rings. The van der Waals surface area contributed by atoms with Gasteiger partial charge in [0.25, 0.3) is 5.56 Å². The molecule has 0 aliphatic rings. The summed E-state index contributed by atoms with van der Waals surface area (Å²) in [5, 5.41) is 17.3. The number of aromatic nitrogens is 3. The largest absolute Gasteiger partial charge is 0.479 e. The molecule has 6 nitrogen and oxygen atoms in total. The highest BCUT2D eigenvalue weighted by Gasteiger charge is 2.33. The summed E-state index contributed by atoms with van der Waals surface area (Å²) in [6.45, 7) is 6.57. The molecular weight excluding hydrogens is 254 g/mol. The molecule has 0 aliphatic heterocycles. The highest BCUT2D eigenvalue weighted by atomic mass is 32.1. The van der Waals surface area contributed by atoms with E-state index in [9.17, 15) is 9.59 Å². The second kappa shape index (κ2) is 3.88. The molecule has 7 heteroatoms. The van der Waals surface area contributed by atoms with Gasteiger partial charge < -0.3 is 5.11 Å². The van der Waals surface area contributed by atoms with Gasteiger partial charge in [-0.2, -0.15) is 4.68 Å². The minimum absolute atomic E-state index is 0.408. The van der Waals surface area contributed by atoms with Gasteiger partial charge in [0.1, 0.15) is 0 Å². The standard InChI is InChI=1S/C11H13N3O3S/c1-5-6(2)18-8-7(5)9(15)14(13-12-8)11(3,4)10(16)17/h1-4H3,(H,16,17). The molecule has 0 aliphatic carbocycles. The van der Waals surface area contributed by atoms with Crippen molar-refractivity contribution >= 4 is 27.5 Å². The maximum Gasteiger partial charge on any atom is 0.331 e. The van der Waals surface area contributed by atoms with Crippen molar-refractivity contribution in [2.45, 2.75) is 33.2 Å². The zero-order valence-electron chi connectivity index (χ0n) is 10.5. The minimum Gasteiger partial charge on any atom is -0.479 e. The predicted octanol–water partition coefficient (Wildman–Crippen LogP) is 1.29. The monoisotopic (exact) mass is 267 g/mol. The highest BCUT2D eigenvalue weighted by Crippen LogP contribution is 2.25. The average Bonchev–Trinajstić information content (AvgIpc) is 2.55. The van der Waals surface area contributed by atoms with Crippen LogP contribution in [0, 0.1) is 13.8 Å². The molecular formula is C11H13N3O3S. The van der Waals surface area contributed by atoms with Crippen LogP contribution in [0.1, 0.15) is 24.3 Å². The molecule has 0 aromatic carbocycles. The maximum atomic E-state index is 12.3. The molecule has 2 heterocycles. The molecule has 18 heavy (non-hydrogen) atoms. The van der Waals surface area contributed by atoms with E-state index in [1.165, 1.54) is 25.2 Å². The molecule has 0 atom stereocenters. The lowest BCUT2D eigenvalue weighted by atomic mass is 10.1. The van der Waals surface area contributed by atoms with Gasteiger partial charge in [0.2, 0.25) is 0 Å². The zero-order chi connectivity index (χ0) is 13.7. The van der Waals surface area contributed by atoms with E-state index in [-0.39, 0.29) is 0 Å². The van der Waals surface area contributed by atoms with Gasteiger partial charge in [-0.3, -0.25) is 4.79 Å². The van der Waals surface area contributed by atoms with Crippen molar-refractivity contribution in [3.63, 3.8) is 0 Å². The number of thiophene rings is 1. The molecule has 2 rings (SSSR count). The highest BCUT2D eigenvalue weighted by molar-refractivity contribution is 7.18. The molecule has 1 N–H and O–H groups in total. The van der Waals surface area contributed by atoms with E-state index in [2.05, 4.69) is 10.3 Å². The quantitative estimate of drug-likeness (QED) is 0.886. The van der Waals surface area contributed by atoms with Crippen LogP contribution in [0.2, 0.25) is 0 Å². The molecule has 0 spiro atoms. The molecule has 0 radical (unpaired) electrons. The Morgan fingerprint density at radius 3 is 2.56 bits per heavy atom. The van der Waals surface area contributed by atoms with Crippen LogP contribution in [0.5, 0.6) is 0 Å². The summed E-state index contributed by atoms with van der Waals surface area (Å²) in [6, 6.07) is 0. The van der Waals surface area contributed by atoms with Crippen LogP contribution >= 0.6 is 11.3 Å². The third-order valence-electron chi connectivity index (χ3n) is 3.05. The molecule has 0 amide bonds. The van der Waals surface area contributed by atoms with E-state index < -0.39 is 17.1 Å². The lowest BCUT2D eigenvalue weighted by Crippen LogP contribution is -2.44. The number of hydrogen-bond acceptors (Lipinski definition) is 5. The SMILES string of the molecule is Cc1sc2nnn(C(C)(C)C(=O)O)c(=O)c2c1C. The molecule has 0 unspecified atom stereocenters. The lowest BCUT2D eigenvalue weighted by Gasteiger charge is -2.19. The molecule has 0 bridgehead atoms. The van der Waals surface area contributed by atoms with Crippen molar-refractivity contribution in [3.8, 4) is 0 Å². The number of nitrogens with zero attached hydrogens (tertiary/aromatic N) is 3. The van der Waals surface area contributed by atoms with Crippen molar-refractivity contribution in [2.24, 2.45) is 0 Å². The summed E-state index contributed by atoms with van der Waals surface area (Å²) in [6.07, 6.45) is 0.